The zero-order valence-electron chi connectivity index (χ0n) is 14.1. The molecule has 6 nitrogen and oxygen atoms in total. The summed E-state index contributed by atoms with van der Waals surface area (Å²) in [7, 11) is 0. The van der Waals surface area contributed by atoms with Crippen molar-refractivity contribution in [3.63, 3.8) is 0 Å². The topological polar surface area (TPSA) is 86.7 Å². The Kier molecular flexibility index (Phi) is 6.30. The van der Waals surface area contributed by atoms with Crippen LogP contribution in [0.5, 0.6) is 0 Å². The van der Waals surface area contributed by atoms with Crippen molar-refractivity contribution in [3.05, 3.63) is 51.7 Å². The van der Waals surface area contributed by atoms with Gasteiger partial charge in [-0.05, 0) is 37.1 Å². The molecule has 0 aliphatic carbocycles. The molecule has 7 heteroatoms. The number of anilines is 1. The van der Waals surface area contributed by atoms with Gasteiger partial charge < -0.3 is 15.3 Å². The average Bonchev–Trinajstić information content (AvgIpc) is 3.06. The molecule has 1 aromatic heterocycles. The highest BCUT2D eigenvalue weighted by molar-refractivity contribution is 7.15. The molecule has 0 aliphatic rings. The van der Waals surface area contributed by atoms with Crippen molar-refractivity contribution in [3.8, 4) is 0 Å². The molecule has 0 spiro atoms. The summed E-state index contributed by atoms with van der Waals surface area (Å²) in [5.74, 6) is -1.69. The minimum absolute atomic E-state index is 0.0820. The van der Waals surface area contributed by atoms with E-state index in [2.05, 4.69) is 5.32 Å². The van der Waals surface area contributed by atoms with Crippen LogP contribution in [0.25, 0.3) is 0 Å². The Labute approximate surface area is 150 Å². The Morgan fingerprint density at radius 1 is 1.12 bits per heavy atom. The number of carboxylic acid groups (broad SMARTS) is 1. The predicted octanol–water partition coefficient (Wildman–Crippen LogP) is 3.25. The SMILES string of the molecule is CCCN(CC(=O)Nc1ccccc1C)C(=O)c1ccc(C(=O)O)s1. The van der Waals surface area contributed by atoms with Gasteiger partial charge in [-0.15, -0.1) is 11.3 Å². The number of nitrogens with one attached hydrogen (secondary N) is 1. The van der Waals surface area contributed by atoms with Crippen LogP contribution in [0.3, 0.4) is 0 Å². The fraction of sp³-hybridized carbons (Fsp3) is 0.278. The number of hydrogen-bond acceptors (Lipinski definition) is 4. The van der Waals surface area contributed by atoms with Gasteiger partial charge in [0, 0.05) is 12.2 Å². The minimum Gasteiger partial charge on any atom is -0.477 e. The molecule has 0 saturated heterocycles. The Hall–Kier alpha value is -2.67. The van der Waals surface area contributed by atoms with Gasteiger partial charge in [-0.3, -0.25) is 9.59 Å². The first kappa shape index (κ1) is 18.7. The molecule has 2 N–H and O–H groups in total. The molecule has 1 heterocycles. The molecule has 0 saturated carbocycles. The van der Waals surface area contributed by atoms with Crippen LogP contribution in [0.15, 0.2) is 36.4 Å². The quantitative estimate of drug-likeness (QED) is 0.793. The number of para-hydroxylation sites is 1. The van der Waals surface area contributed by atoms with Crippen LogP contribution < -0.4 is 5.32 Å². The van der Waals surface area contributed by atoms with Crippen molar-refractivity contribution in [2.75, 3.05) is 18.4 Å². The Morgan fingerprint density at radius 3 is 2.40 bits per heavy atom. The highest BCUT2D eigenvalue weighted by Crippen LogP contribution is 2.19. The molecule has 132 valence electrons. The first-order chi connectivity index (χ1) is 11.9. The van der Waals surface area contributed by atoms with E-state index in [1.165, 1.54) is 17.0 Å². The molecule has 0 aliphatic heterocycles. The Balaban J connectivity index is 2.08. The van der Waals surface area contributed by atoms with Crippen LogP contribution in [0.2, 0.25) is 0 Å². The molecule has 0 fully saturated rings. The van der Waals surface area contributed by atoms with E-state index in [9.17, 15) is 14.4 Å². The van der Waals surface area contributed by atoms with Crippen molar-refractivity contribution in [2.45, 2.75) is 20.3 Å². The lowest BCUT2D eigenvalue weighted by Gasteiger charge is -2.21. The second kappa shape index (κ2) is 8.43. The van der Waals surface area contributed by atoms with Gasteiger partial charge in [0.1, 0.15) is 11.4 Å². The zero-order valence-corrected chi connectivity index (χ0v) is 14.9. The predicted molar refractivity (Wildman–Crippen MR) is 97.3 cm³/mol. The number of thiophene rings is 1. The average molecular weight is 360 g/mol. The summed E-state index contributed by atoms with van der Waals surface area (Å²) in [6.45, 7) is 4.14. The highest BCUT2D eigenvalue weighted by atomic mass is 32.1. The largest absolute Gasteiger partial charge is 0.477 e. The zero-order chi connectivity index (χ0) is 18.4. The lowest BCUT2D eigenvalue weighted by molar-refractivity contribution is -0.116. The number of rotatable bonds is 7. The molecular weight excluding hydrogens is 340 g/mol. The van der Waals surface area contributed by atoms with E-state index in [-0.39, 0.29) is 23.2 Å². The smallest absolute Gasteiger partial charge is 0.345 e. The highest BCUT2D eigenvalue weighted by Gasteiger charge is 2.21. The van der Waals surface area contributed by atoms with E-state index in [1.807, 2.05) is 32.0 Å². The number of carbonyl (C=O) groups is 3. The standard InChI is InChI=1S/C18H20N2O4S/c1-3-10-20(17(22)14-8-9-15(25-14)18(23)24)11-16(21)19-13-7-5-4-6-12(13)2/h4-9H,3,10-11H2,1-2H3,(H,19,21)(H,23,24). The Morgan fingerprint density at radius 2 is 1.80 bits per heavy atom. The number of aryl methyl sites for hydroxylation is 1. The van der Waals surface area contributed by atoms with Gasteiger partial charge in [0.05, 0.1) is 4.88 Å². The van der Waals surface area contributed by atoms with Gasteiger partial charge in [-0.2, -0.15) is 0 Å². The molecule has 0 radical (unpaired) electrons. The van der Waals surface area contributed by atoms with Crippen molar-refractivity contribution < 1.29 is 19.5 Å². The maximum atomic E-state index is 12.6. The molecule has 1 aromatic carbocycles. The molecule has 25 heavy (non-hydrogen) atoms. The molecule has 2 amide bonds. The van der Waals surface area contributed by atoms with Crippen LogP contribution in [0.4, 0.5) is 5.69 Å². The van der Waals surface area contributed by atoms with Gasteiger partial charge in [0.2, 0.25) is 5.91 Å². The summed E-state index contributed by atoms with van der Waals surface area (Å²) in [4.78, 5) is 37.7. The van der Waals surface area contributed by atoms with E-state index in [0.717, 1.165) is 16.9 Å². The minimum atomic E-state index is -1.07. The van der Waals surface area contributed by atoms with Crippen LogP contribution in [0.1, 0.15) is 38.3 Å². The third-order valence-corrected chi connectivity index (χ3v) is 4.62. The lowest BCUT2D eigenvalue weighted by Crippen LogP contribution is -2.38. The maximum Gasteiger partial charge on any atom is 0.345 e. The first-order valence-corrected chi connectivity index (χ1v) is 8.72. The second-order valence-corrected chi connectivity index (χ2v) is 6.64. The Bertz CT molecular complexity index is 785. The molecule has 2 aromatic rings. The molecular formula is C18H20N2O4S. The summed E-state index contributed by atoms with van der Waals surface area (Å²) in [5, 5.41) is 11.8. The van der Waals surface area contributed by atoms with E-state index in [1.54, 1.807) is 6.07 Å². The second-order valence-electron chi connectivity index (χ2n) is 5.56. The maximum absolute atomic E-state index is 12.6. The van der Waals surface area contributed by atoms with Crippen molar-refractivity contribution in [1.29, 1.82) is 0 Å². The van der Waals surface area contributed by atoms with Crippen molar-refractivity contribution >= 4 is 34.8 Å². The number of carboxylic acids is 1. The summed E-state index contributed by atoms with van der Waals surface area (Å²) >= 11 is 0.914. The van der Waals surface area contributed by atoms with Gasteiger partial charge in [0.15, 0.2) is 0 Å². The number of amides is 2. The van der Waals surface area contributed by atoms with Crippen LogP contribution in [-0.2, 0) is 4.79 Å². The molecule has 2 rings (SSSR count). The van der Waals surface area contributed by atoms with Crippen LogP contribution in [-0.4, -0.2) is 40.9 Å². The normalized spacial score (nSPS) is 10.3. The number of nitrogens with zero attached hydrogens (tertiary/aromatic N) is 1. The van der Waals surface area contributed by atoms with E-state index in [4.69, 9.17) is 5.11 Å². The molecule has 0 atom stereocenters. The number of benzene rings is 1. The summed E-state index contributed by atoms with van der Waals surface area (Å²) in [5.41, 5.74) is 1.65. The van der Waals surface area contributed by atoms with E-state index < -0.39 is 5.97 Å². The first-order valence-electron chi connectivity index (χ1n) is 7.90. The molecule has 0 bridgehead atoms. The van der Waals surface area contributed by atoms with Gasteiger partial charge in [-0.1, -0.05) is 25.1 Å². The summed E-state index contributed by atoms with van der Waals surface area (Å²) in [6, 6.07) is 10.3. The third-order valence-electron chi connectivity index (χ3n) is 3.56. The summed E-state index contributed by atoms with van der Waals surface area (Å²) in [6.07, 6.45) is 0.695. The fourth-order valence-electron chi connectivity index (χ4n) is 2.32. The lowest BCUT2D eigenvalue weighted by atomic mass is 10.2. The fourth-order valence-corrected chi connectivity index (χ4v) is 3.13. The van der Waals surface area contributed by atoms with E-state index in [0.29, 0.717) is 23.5 Å². The van der Waals surface area contributed by atoms with Crippen molar-refractivity contribution in [2.24, 2.45) is 0 Å². The van der Waals surface area contributed by atoms with Gasteiger partial charge >= 0.3 is 5.97 Å². The summed E-state index contributed by atoms with van der Waals surface area (Å²) < 4.78 is 0. The van der Waals surface area contributed by atoms with Crippen LogP contribution >= 0.6 is 11.3 Å². The van der Waals surface area contributed by atoms with Gasteiger partial charge in [-0.25, -0.2) is 4.79 Å². The third kappa shape index (κ3) is 4.90. The number of carbonyl (C=O) groups excluding carboxylic acids is 2. The van der Waals surface area contributed by atoms with Crippen molar-refractivity contribution in [1.82, 2.24) is 4.90 Å². The van der Waals surface area contributed by atoms with Gasteiger partial charge in [0.25, 0.3) is 5.91 Å². The van der Waals surface area contributed by atoms with E-state index >= 15 is 0 Å². The van der Waals surface area contributed by atoms with Crippen LogP contribution in [0, 0.1) is 6.92 Å². The number of hydrogen-bond donors (Lipinski definition) is 2. The monoisotopic (exact) mass is 360 g/mol. The molecule has 0 unspecified atom stereocenters. The number of aromatic carboxylic acids is 1.